The molecule has 0 spiro atoms. The monoisotopic (exact) mass is 208 g/mol. The van der Waals surface area contributed by atoms with Gasteiger partial charge in [0.05, 0.1) is 0 Å². The predicted molar refractivity (Wildman–Crippen MR) is 59.7 cm³/mol. The lowest BCUT2D eigenvalue weighted by atomic mass is 9.82. The van der Waals surface area contributed by atoms with Crippen LogP contribution in [-0.2, 0) is 11.2 Å². The van der Waals surface area contributed by atoms with Crippen molar-refractivity contribution in [3.63, 3.8) is 0 Å². The predicted octanol–water partition coefficient (Wildman–Crippen LogP) is 3.36. The molecule has 1 aliphatic rings. The van der Waals surface area contributed by atoms with Gasteiger partial charge in [0.15, 0.2) is 0 Å². The van der Waals surface area contributed by atoms with E-state index in [4.69, 9.17) is 0 Å². The lowest BCUT2D eigenvalue weighted by Crippen LogP contribution is -2.20. The van der Waals surface area contributed by atoms with Crippen LogP contribution in [0.4, 0.5) is 0 Å². The van der Waals surface area contributed by atoms with Crippen LogP contribution in [0, 0.1) is 12.3 Å². The van der Waals surface area contributed by atoms with Crippen LogP contribution in [-0.4, -0.2) is 6.29 Å². The van der Waals surface area contributed by atoms with E-state index < -0.39 is 0 Å². The van der Waals surface area contributed by atoms with Crippen molar-refractivity contribution < 1.29 is 4.79 Å². The topological polar surface area (TPSA) is 17.1 Å². The van der Waals surface area contributed by atoms with Crippen molar-refractivity contribution in [1.29, 1.82) is 0 Å². The Kier molecular flexibility index (Phi) is 2.73. The molecule has 0 radical (unpaired) electrons. The molecule has 2 rings (SSSR count). The second kappa shape index (κ2) is 3.85. The van der Waals surface area contributed by atoms with Crippen molar-refractivity contribution in [2.24, 2.45) is 5.41 Å². The quantitative estimate of drug-likeness (QED) is 0.696. The van der Waals surface area contributed by atoms with Crippen LogP contribution >= 0.6 is 11.3 Å². The van der Waals surface area contributed by atoms with Crippen molar-refractivity contribution in [3.8, 4) is 0 Å². The van der Waals surface area contributed by atoms with Crippen molar-refractivity contribution >= 4 is 17.6 Å². The van der Waals surface area contributed by atoms with Crippen molar-refractivity contribution in [3.05, 3.63) is 21.9 Å². The minimum Gasteiger partial charge on any atom is -0.303 e. The third-order valence-electron chi connectivity index (χ3n) is 3.19. The molecule has 1 nitrogen and oxygen atoms in total. The molecule has 0 bridgehead atoms. The van der Waals surface area contributed by atoms with Crippen LogP contribution in [0.15, 0.2) is 11.4 Å². The summed E-state index contributed by atoms with van der Waals surface area (Å²) in [6.07, 6.45) is 6.79. The van der Waals surface area contributed by atoms with Crippen LogP contribution in [0.2, 0.25) is 0 Å². The Morgan fingerprint density at radius 3 is 2.71 bits per heavy atom. The summed E-state index contributed by atoms with van der Waals surface area (Å²) in [6.45, 7) is 2.12. The van der Waals surface area contributed by atoms with Crippen molar-refractivity contribution in [2.75, 3.05) is 0 Å². The summed E-state index contributed by atoms with van der Waals surface area (Å²) in [5.74, 6) is 0. The SMILES string of the molecule is Cc1cc(CC2(C=O)CCCC2)cs1. The lowest BCUT2D eigenvalue weighted by molar-refractivity contribution is -0.115. The smallest absolute Gasteiger partial charge is 0.126 e. The van der Waals surface area contributed by atoms with Gasteiger partial charge in [0.25, 0.3) is 0 Å². The van der Waals surface area contributed by atoms with Gasteiger partial charge in [0.1, 0.15) is 6.29 Å². The normalized spacial score (nSPS) is 19.8. The third-order valence-corrected chi connectivity index (χ3v) is 4.10. The van der Waals surface area contributed by atoms with Gasteiger partial charge in [0, 0.05) is 10.3 Å². The van der Waals surface area contributed by atoms with Gasteiger partial charge in [-0.1, -0.05) is 12.8 Å². The maximum atomic E-state index is 11.1. The number of hydrogen-bond donors (Lipinski definition) is 0. The van der Waals surface area contributed by atoms with Crippen molar-refractivity contribution in [1.82, 2.24) is 0 Å². The molecule has 1 aromatic heterocycles. The zero-order chi connectivity index (χ0) is 10.0. The van der Waals surface area contributed by atoms with Gasteiger partial charge in [0.2, 0.25) is 0 Å². The Balaban J connectivity index is 2.11. The molecule has 2 heteroatoms. The summed E-state index contributed by atoms with van der Waals surface area (Å²) in [7, 11) is 0. The standard InChI is InChI=1S/C12H16OS/c1-10-6-11(8-14-10)7-12(9-13)4-2-3-5-12/h6,8-9H,2-5,7H2,1H3. The van der Waals surface area contributed by atoms with Crippen LogP contribution in [0.5, 0.6) is 0 Å². The third kappa shape index (κ3) is 1.90. The molecule has 0 unspecified atom stereocenters. The maximum Gasteiger partial charge on any atom is 0.126 e. The van der Waals surface area contributed by atoms with Gasteiger partial charge in [-0.15, -0.1) is 11.3 Å². The van der Waals surface area contributed by atoms with Crippen LogP contribution in [0.3, 0.4) is 0 Å². The molecule has 0 amide bonds. The number of thiophene rings is 1. The average molecular weight is 208 g/mol. The van der Waals surface area contributed by atoms with E-state index in [-0.39, 0.29) is 5.41 Å². The molecular formula is C12H16OS. The van der Waals surface area contributed by atoms with Gasteiger partial charge in [-0.2, -0.15) is 0 Å². The van der Waals surface area contributed by atoms with E-state index in [0.29, 0.717) is 0 Å². The molecule has 1 saturated carbocycles. The van der Waals surface area contributed by atoms with Crippen molar-refractivity contribution in [2.45, 2.75) is 39.0 Å². The van der Waals surface area contributed by atoms with E-state index >= 15 is 0 Å². The number of carbonyl (C=O) groups is 1. The largest absolute Gasteiger partial charge is 0.303 e. The van der Waals surface area contributed by atoms with Gasteiger partial charge in [-0.05, 0) is 43.2 Å². The summed E-state index contributed by atoms with van der Waals surface area (Å²) < 4.78 is 0. The van der Waals surface area contributed by atoms with E-state index in [1.807, 2.05) is 0 Å². The summed E-state index contributed by atoms with van der Waals surface area (Å²) in [4.78, 5) is 12.5. The van der Waals surface area contributed by atoms with Crippen LogP contribution in [0.1, 0.15) is 36.1 Å². The fourth-order valence-electron chi connectivity index (χ4n) is 2.41. The molecule has 0 saturated heterocycles. The molecule has 0 atom stereocenters. The highest BCUT2D eigenvalue weighted by molar-refractivity contribution is 7.10. The zero-order valence-corrected chi connectivity index (χ0v) is 9.40. The minimum absolute atomic E-state index is 0.0203. The Bertz CT molecular complexity index is 321. The van der Waals surface area contributed by atoms with Crippen LogP contribution in [0.25, 0.3) is 0 Å². The molecule has 1 aromatic rings. The summed E-state index contributed by atoms with van der Waals surface area (Å²) >= 11 is 1.78. The van der Waals surface area contributed by atoms with E-state index in [0.717, 1.165) is 19.3 Å². The Morgan fingerprint density at radius 1 is 1.50 bits per heavy atom. The first-order chi connectivity index (χ1) is 6.74. The molecule has 0 N–H and O–H groups in total. The maximum absolute atomic E-state index is 11.1. The first kappa shape index (κ1) is 9.91. The summed E-state index contributed by atoms with van der Waals surface area (Å²) in [6, 6.07) is 2.22. The van der Waals surface area contributed by atoms with E-state index in [1.165, 1.54) is 29.6 Å². The molecule has 1 fully saturated rings. The number of carbonyl (C=O) groups excluding carboxylic acids is 1. The summed E-state index contributed by atoms with van der Waals surface area (Å²) in [5.41, 5.74) is 1.33. The highest BCUT2D eigenvalue weighted by Crippen LogP contribution is 2.39. The lowest BCUT2D eigenvalue weighted by Gasteiger charge is -2.20. The van der Waals surface area contributed by atoms with Gasteiger partial charge in [-0.25, -0.2) is 0 Å². The van der Waals surface area contributed by atoms with E-state index in [1.54, 1.807) is 11.3 Å². The Labute approximate surface area is 89.1 Å². The molecule has 76 valence electrons. The fourth-order valence-corrected chi connectivity index (χ4v) is 3.12. The highest BCUT2D eigenvalue weighted by atomic mass is 32.1. The van der Waals surface area contributed by atoms with Crippen LogP contribution < -0.4 is 0 Å². The first-order valence-electron chi connectivity index (χ1n) is 5.24. The average Bonchev–Trinajstić information content (AvgIpc) is 2.77. The van der Waals surface area contributed by atoms with Gasteiger partial charge >= 0.3 is 0 Å². The number of rotatable bonds is 3. The highest BCUT2D eigenvalue weighted by Gasteiger charge is 2.33. The van der Waals surface area contributed by atoms with E-state index in [2.05, 4.69) is 18.4 Å². The minimum atomic E-state index is -0.0203. The zero-order valence-electron chi connectivity index (χ0n) is 8.58. The number of aldehydes is 1. The summed E-state index contributed by atoms with van der Waals surface area (Å²) in [5, 5.41) is 2.19. The molecule has 14 heavy (non-hydrogen) atoms. The second-order valence-electron chi connectivity index (χ2n) is 4.43. The Hall–Kier alpha value is -0.630. The van der Waals surface area contributed by atoms with Gasteiger partial charge < -0.3 is 4.79 Å². The number of aryl methyl sites for hydroxylation is 1. The number of hydrogen-bond acceptors (Lipinski definition) is 2. The van der Waals surface area contributed by atoms with Gasteiger partial charge in [-0.3, -0.25) is 0 Å². The first-order valence-corrected chi connectivity index (χ1v) is 6.12. The molecule has 0 aliphatic heterocycles. The Morgan fingerprint density at radius 2 is 2.21 bits per heavy atom. The fraction of sp³-hybridized carbons (Fsp3) is 0.583. The molecule has 1 aliphatic carbocycles. The van der Waals surface area contributed by atoms with E-state index in [9.17, 15) is 4.79 Å². The molecule has 1 heterocycles. The second-order valence-corrected chi connectivity index (χ2v) is 5.55. The molecule has 0 aromatic carbocycles. The molecular weight excluding hydrogens is 192 g/mol.